The first-order valence-corrected chi connectivity index (χ1v) is 9.36. The molecule has 4 aliphatic carbocycles. The zero-order valence-electron chi connectivity index (χ0n) is 14.7. The van der Waals surface area contributed by atoms with Gasteiger partial charge in [-0.25, -0.2) is 4.79 Å². The first-order chi connectivity index (χ1) is 10.7. The number of carbonyl (C=O) groups is 1. The average molecular weight is 318 g/mol. The van der Waals surface area contributed by atoms with E-state index in [1.165, 1.54) is 19.3 Å². The van der Waals surface area contributed by atoms with Crippen molar-refractivity contribution < 1.29 is 15.0 Å². The number of allylic oxidation sites excluding steroid dienone is 1. The van der Waals surface area contributed by atoms with Gasteiger partial charge in [0.25, 0.3) is 0 Å². The smallest absolute Gasteiger partial charge is 0.334 e. The molecule has 5 atom stereocenters. The first-order valence-electron chi connectivity index (χ1n) is 9.36. The van der Waals surface area contributed by atoms with E-state index in [2.05, 4.69) is 20.8 Å². The Hall–Kier alpha value is -0.830. The standard InChI is InChI=1S/C20H30O3/c1-18(2)8-4-9-19(3)13(18)7-10-20-11-12(5-6-14(19)20)15(16(20)21)17(22)23/h13-14,16,21H,4-11H2,1-3H3,(H,22,23). The Morgan fingerprint density at radius 2 is 1.83 bits per heavy atom. The third kappa shape index (κ3) is 1.83. The maximum absolute atomic E-state index is 11.7. The molecule has 0 aliphatic heterocycles. The van der Waals surface area contributed by atoms with Crippen LogP contribution in [0, 0.1) is 28.1 Å². The lowest BCUT2D eigenvalue weighted by Crippen LogP contribution is -2.58. The van der Waals surface area contributed by atoms with Crippen LogP contribution in [0.15, 0.2) is 11.1 Å². The summed E-state index contributed by atoms with van der Waals surface area (Å²) in [6.07, 6.45) is 8.03. The summed E-state index contributed by atoms with van der Waals surface area (Å²) in [5.74, 6) is 0.298. The molecular formula is C20H30O3. The third-order valence-electron chi connectivity index (χ3n) is 8.37. The van der Waals surface area contributed by atoms with Gasteiger partial charge in [-0.2, -0.15) is 0 Å². The molecular weight excluding hydrogens is 288 g/mol. The van der Waals surface area contributed by atoms with Crippen molar-refractivity contribution in [2.45, 2.75) is 78.2 Å². The molecule has 0 saturated heterocycles. The van der Waals surface area contributed by atoms with Gasteiger partial charge in [0.15, 0.2) is 0 Å². The summed E-state index contributed by atoms with van der Waals surface area (Å²) in [7, 11) is 0. The summed E-state index contributed by atoms with van der Waals surface area (Å²) in [5.41, 5.74) is 1.85. The second-order valence-electron chi connectivity index (χ2n) is 9.67. The minimum Gasteiger partial charge on any atom is -0.478 e. The normalized spacial score (nSPS) is 47.9. The summed E-state index contributed by atoms with van der Waals surface area (Å²) >= 11 is 0. The molecule has 0 aromatic carbocycles. The predicted octanol–water partition coefficient (Wildman–Crippen LogP) is 4.16. The molecule has 2 bridgehead atoms. The number of hydrogen-bond donors (Lipinski definition) is 2. The van der Waals surface area contributed by atoms with Crippen LogP contribution in [-0.4, -0.2) is 22.3 Å². The summed E-state index contributed by atoms with van der Waals surface area (Å²) in [6.45, 7) is 7.31. The molecule has 0 aromatic rings. The van der Waals surface area contributed by atoms with Gasteiger partial charge in [0.2, 0.25) is 0 Å². The lowest BCUT2D eigenvalue weighted by atomic mass is 9.41. The predicted molar refractivity (Wildman–Crippen MR) is 88.9 cm³/mol. The van der Waals surface area contributed by atoms with E-state index in [1.54, 1.807) is 0 Å². The van der Waals surface area contributed by atoms with Crippen molar-refractivity contribution in [3.8, 4) is 0 Å². The lowest BCUT2D eigenvalue weighted by molar-refractivity contribution is -0.166. The Bertz CT molecular complexity index is 590. The van der Waals surface area contributed by atoms with E-state index in [1.807, 2.05) is 0 Å². The van der Waals surface area contributed by atoms with Gasteiger partial charge in [-0.1, -0.05) is 32.8 Å². The third-order valence-corrected chi connectivity index (χ3v) is 8.37. The molecule has 3 nitrogen and oxygen atoms in total. The Kier molecular flexibility index (Phi) is 3.15. The Morgan fingerprint density at radius 3 is 2.52 bits per heavy atom. The van der Waals surface area contributed by atoms with Crippen LogP contribution in [0.5, 0.6) is 0 Å². The first kappa shape index (κ1) is 15.7. The van der Waals surface area contributed by atoms with Crippen molar-refractivity contribution in [2.75, 3.05) is 0 Å². The summed E-state index contributed by atoms with van der Waals surface area (Å²) in [4.78, 5) is 11.7. The van der Waals surface area contributed by atoms with Gasteiger partial charge in [-0.05, 0) is 67.6 Å². The van der Waals surface area contributed by atoms with E-state index in [0.717, 1.165) is 37.7 Å². The lowest BCUT2D eigenvalue weighted by Gasteiger charge is -2.64. The molecule has 4 rings (SSSR count). The number of fused-ring (bicyclic) bond motifs is 3. The fourth-order valence-corrected chi connectivity index (χ4v) is 7.58. The van der Waals surface area contributed by atoms with Crippen LogP contribution in [-0.2, 0) is 4.79 Å². The van der Waals surface area contributed by atoms with Crippen LogP contribution in [0.4, 0.5) is 0 Å². The molecule has 5 unspecified atom stereocenters. The largest absolute Gasteiger partial charge is 0.478 e. The van der Waals surface area contributed by atoms with Crippen LogP contribution in [0.2, 0.25) is 0 Å². The highest BCUT2D eigenvalue weighted by Crippen LogP contribution is 2.71. The molecule has 1 spiro atoms. The zero-order chi connectivity index (χ0) is 16.6. The van der Waals surface area contributed by atoms with Gasteiger partial charge in [-0.3, -0.25) is 0 Å². The topological polar surface area (TPSA) is 57.5 Å². The number of aliphatic carboxylic acids is 1. The quantitative estimate of drug-likeness (QED) is 0.763. The maximum atomic E-state index is 11.7. The number of carboxylic acid groups (broad SMARTS) is 1. The highest BCUT2D eigenvalue weighted by molar-refractivity contribution is 5.90. The van der Waals surface area contributed by atoms with E-state index < -0.39 is 12.1 Å². The van der Waals surface area contributed by atoms with Crippen molar-refractivity contribution in [1.82, 2.24) is 0 Å². The Balaban J connectivity index is 1.76. The number of aliphatic hydroxyl groups excluding tert-OH is 1. The zero-order valence-corrected chi connectivity index (χ0v) is 14.7. The Labute approximate surface area is 139 Å². The Morgan fingerprint density at radius 1 is 1.09 bits per heavy atom. The highest BCUT2D eigenvalue weighted by atomic mass is 16.4. The number of hydrogen-bond acceptors (Lipinski definition) is 2. The van der Waals surface area contributed by atoms with Crippen LogP contribution in [0.3, 0.4) is 0 Å². The number of carboxylic acids is 1. The molecule has 128 valence electrons. The van der Waals surface area contributed by atoms with Gasteiger partial charge in [0.1, 0.15) is 0 Å². The van der Waals surface area contributed by atoms with Crippen LogP contribution >= 0.6 is 0 Å². The second-order valence-corrected chi connectivity index (χ2v) is 9.67. The minimum absolute atomic E-state index is 0.181. The molecule has 0 heterocycles. The molecule has 23 heavy (non-hydrogen) atoms. The van der Waals surface area contributed by atoms with E-state index >= 15 is 0 Å². The summed E-state index contributed by atoms with van der Waals surface area (Å²) in [5, 5.41) is 20.6. The fourth-order valence-electron chi connectivity index (χ4n) is 7.58. The minimum atomic E-state index is -0.888. The second kappa shape index (κ2) is 4.62. The number of aliphatic hydroxyl groups is 1. The monoisotopic (exact) mass is 318 g/mol. The fraction of sp³-hybridized carbons (Fsp3) is 0.850. The van der Waals surface area contributed by atoms with Crippen molar-refractivity contribution in [3.05, 3.63) is 11.1 Å². The molecule has 3 heteroatoms. The van der Waals surface area contributed by atoms with E-state index in [4.69, 9.17) is 0 Å². The van der Waals surface area contributed by atoms with E-state index in [9.17, 15) is 15.0 Å². The highest BCUT2D eigenvalue weighted by Gasteiger charge is 2.65. The molecule has 3 saturated carbocycles. The maximum Gasteiger partial charge on any atom is 0.334 e. The van der Waals surface area contributed by atoms with Gasteiger partial charge in [0, 0.05) is 5.41 Å². The van der Waals surface area contributed by atoms with Crippen LogP contribution in [0.1, 0.15) is 72.1 Å². The molecule has 3 fully saturated rings. The average Bonchev–Trinajstić information content (AvgIpc) is 2.64. The molecule has 0 aromatic heterocycles. The molecule has 4 aliphatic rings. The van der Waals surface area contributed by atoms with Crippen molar-refractivity contribution in [2.24, 2.45) is 28.1 Å². The van der Waals surface area contributed by atoms with Crippen LogP contribution < -0.4 is 0 Å². The van der Waals surface area contributed by atoms with Gasteiger partial charge in [0.05, 0.1) is 11.7 Å². The molecule has 2 N–H and O–H groups in total. The van der Waals surface area contributed by atoms with Gasteiger partial charge < -0.3 is 10.2 Å². The van der Waals surface area contributed by atoms with E-state index in [0.29, 0.717) is 22.8 Å². The molecule has 0 radical (unpaired) electrons. The van der Waals surface area contributed by atoms with Crippen LogP contribution in [0.25, 0.3) is 0 Å². The van der Waals surface area contributed by atoms with Crippen molar-refractivity contribution in [1.29, 1.82) is 0 Å². The van der Waals surface area contributed by atoms with E-state index in [-0.39, 0.29) is 10.8 Å². The van der Waals surface area contributed by atoms with Crippen molar-refractivity contribution >= 4 is 5.97 Å². The summed E-state index contributed by atoms with van der Waals surface area (Å²) in [6, 6.07) is 0. The SMILES string of the molecule is CC1(C)CCCC2(C)C1CCC13CC(=C(C(=O)O)C1O)CCC23. The van der Waals surface area contributed by atoms with Gasteiger partial charge in [-0.15, -0.1) is 0 Å². The summed E-state index contributed by atoms with van der Waals surface area (Å²) < 4.78 is 0. The van der Waals surface area contributed by atoms with Gasteiger partial charge >= 0.3 is 5.97 Å². The molecule has 0 amide bonds. The number of rotatable bonds is 1. The van der Waals surface area contributed by atoms with Crippen molar-refractivity contribution in [3.63, 3.8) is 0 Å².